The molecule has 0 atom stereocenters. The molecule has 4 rings (SSSR count). The summed E-state index contributed by atoms with van der Waals surface area (Å²) in [6, 6.07) is 15.5. The maximum atomic E-state index is 13.0. The first kappa shape index (κ1) is 18.2. The van der Waals surface area contributed by atoms with Crippen LogP contribution in [0.5, 0.6) is 0 Å². The van der Waals surface area contributed by atoms with Gasteiger partial charge in [0.15, 0.2) is 5.16 Å². The Bertz CT molecular complexity index is 1110. The van der Waals surface area contributed by atoms with Crippen molar-refractivity contribution in [1.29, 1.82) is 0 Å². The maximum absolute atomic E-state index is 13.0. The van der Waals surface area contributed by atoms with Crippen molar-refractivity contribution in [2.24, 2.45) is 0 Å². The fourth-order valence-corrected chi connectivity index (χ4v) is 4.59. The highest BCUT2D eigenvalue weighted by Gasteiger charge is 2.13. The third-order valence-corrected chi connectivity index (χ3v) is 6.30. The van der Waals surface area contributed by atoms with Crippen LogP contribution in [0.3, 0.4) is 0 Å². The van der Waals surface area contributed by atoms with Crippen molar-refractivity contribution in [2.75, 3.05) is 0 Å². The number of halogens is 1. The summed E-state index contributed by atoms with van der Waals surface area (Å²) >= 11 is 8.94. The number of rotatable bonds is 6. The maximum Gasteiger partial charge on any atom is 0.272 e. The lowest BCUT2D eigenvalue weighted by atomic mass is 10.1. The van der Waals surface area contributed by atoms with Crippen LogP contribution in [-0.4, -0.2) is 14.5 Å². The predicted molar refractivity (Wildman–Crippen MR) is 113 cm³/mol. The summed E-state index contributed by atoms with van der Waals surface area (Å²) in [5, 5.41) is 3.35. The summed E-state index contributed by atoms with van der Waals surface area (Å²) in [6.45, 7) is 0.575. The minimum Gasteiger partial charge on any atom is -0.286 e. The van der Waals surface area contributed by atoms with E-state index in [1.807, 2.05) is 53.9 Å². The minimum atomic E-state index is 0.0208. The molecule has 0 unspecified atom stereocenters. The first-order chi connectivity index (χ1) is 13.2. The van der Waals surface area contributed by atoms with Gasteiger partial charge in [0.1, 0.15) is 4.70 Å². The van der Waals surface area contributed by atoms with Gasteiger partial charge in [-0.05, 0) is 47.7 Å². The van der Waals surface area contributed by atoms with Gasteiger partial charge in [0, 0.05) is 23.5 Å². The number of aryl methyl sites for hydroxylation is 1. The highest BCUT2D eigenvalue weighted by Crippen LogP contribution is 2.23. The molecular formula is C20H16ClN3OS2. The van der Waals surface area contributed by atoms with E-state index in [2.05, 4.69) is 4.98 Å². The Morgan fingerprint density at radius 1 is 1.11 bits per heavy atom. The van der Waals surface area contributed by atoms with Crippen molar-refractivity contribution in [2.45, 2.75) is 23.9 Å². The van der Waals surface area contributed by atoms with Gasteiger partial charge in [-0.1, -0.05) is 41.6 Å². The van der Waals surface area contributed by atoms with Crippen LogP contribution in [-0.2, 0) is 18.7 Å². The highest BCUT2D eigenvalue weighted by atomic mass is 35.5. The number of hydrogen-bond donors (Lipinski definition) is 0. The van der Waals surface area contributed by atoms with Gasteiger partial charge in [0.2, 0.25) is 0 Å². The van der Waals surface area contributed by atoms with Crippen LogP contribution in [0.1, 0.15) is 11.3 Å². The van der Waals surface area contributed by atoms with E-state index in [1.54, 1.807) is 22.5 Å². The van der Waals surface area contributed by atoms with Gasteiger partial charge >= 0.3 is 0 Å². The molecule has 0 spiro atoms. The summed E-state index contributed by atoms with van der Waals surface area (Å²) in [6.07, 6.45) is 2.52. The standard InChI is InChI=1S/C20H16ClN3OS2/c21-15-6-4-14(5-7-15)8-11-24-19(25)18-17(9-12-26-18)23-20(24)27-13-16-3-1-2-10-22-16/h1-7,9-10,12H,8,11,13H2. The fourth-order valence-electron chi connectivity index (χ4n) is 2.74. The quantitative estimate of drug-likeness (QED) is 0.328. The first-order valence-corrected chi connectivity index (χ1v) is 10.7. The second-order valence-electron chi connectivity index (χ2n) is 5.97. The van der Waals surface area contributed by atoms with Crippen LogP contribution in [0.25, 0.3) is 10.2 Å². The summed E-state index contributed by atoms with van der Waals surface area (Å²) in [4.78, 5) is 22.1. The molecule has 0 aliphatic heterocycles. The lowest BCUT2D eigenvalue weighted by molar-refractivity contribution is 0.596. The molecule has 0 saturated heterocycles. The lowest BCUT2D eigenvalue weighted by Crippen LogP contribution is -2.23. The highest BCUT2D eigenvalue weighted by molar-refractivity contribution is 7.98. The van der Waals surface area contributed by atoms with Crippen molar-refractivity contribution in [3.63, 3.8) is 0 Å². The van der Waals surface area contributed by atoms with Crippen LogP contribution < -0.4 is 5.56 Å². The zero-order valence-electron chi connectivity index (χ0n) is 14.3. The fraction of sp³-hybridized carbons (Fsp3) is 0.150. The Balaban J connectivity index is 1.63. The lowest BCUT2D eigenvalue weighted by Gasteiger charge is -2.12. The van der Waals surface area contributed by atoms with E-state index >= 15 is 0 Å². The van der Waals surface area contributed by atoms with Gasteiger partial charge in [-0.25, -0.2) is 4.98 Å². The number of thiophene rings is 1. The molecule has 1 aromatic carbocycles. The molecule has 4 aromatic rings. The molecule has 0 aliphatic carbocycles. The Hall–Kier alpha value is -2.15. The van der Waals surface area contributed by atoms with Crippen LogP contribution in [0.2, 0.25) is 5.02 Å². The Labute approximate surface area is 169 Å². The molecule has 3 heterocycles. The van der Waals surface area contributed by atoms with E-state index in [0.717, 1.165) is 28.4 Å². The van der Waals surface area contributed by atoms with Crippen molar-refractivity contribution in [3.05, 3.63) is 86.7 Å². The molecule has 3 aromatic heterocycles. The third-order valence-electron chi connectivity index (χ3n) is 4.14. The largest absolute Gasteiger partial charge is 0.286 e. The summed E-state index contributed by atoms with van der Waals surface area (Å²) in [5.41, 5.74) is 2.88. The average Bonchev–Trinajstić information content (AvgIpc) is 3.17. The van der Waals surface area contributed by atoms with Crippen LogP contribution in [0.15, 0.2) is 70.1 Å². The van der Waals surface area contributed by atoms with Gasteiger partial charge in [0.05, 0.1) is 11.2 Å². The molecule has 7 heteroatoms. The molecule has 0 N–H and O–H groups in total. The first-order valence-electron chi connectivity index (χ1n) is 8.46. The van der Waals surface area contributed by atoms with E-state index in [4.69, 9.17) is 16.6 Å². The number of nitrogens with zero attached hydrogens (tertiary/aromatic N) is 3. The molecule has 0 aliphatic rings. The van der Waals surface area contributed by atoms with Gasteiger partial charge in [-0.15, -0.1) is 11.3 Å². The molecule has 136 valence electrons. The number of fused-ring (bicyclic) bond motifs is 1. The molecule has 27 heavy (non-hydrogen) atoms. The normalized spacial score (nSPS) is 11.1. The molecular weight excluding hydrogens is 398 g/mol. The van der Waals surface area contributed by atoms with Gasteiger partial charge < -0.3 is 0 Å². The smallest absolute Gasteiger partial charge is 0.272 e. The average molecular weight is 414 g/mol. The zero-order chi connectivity index (χ0) is 18.6. The topological polar surface area (TPSA) is 47.8 Å². The van der Waals surface area contributed by atoms with Gasteiger partial charge in [-0.2, -0.15) is 0 Å². The van der Waals surface area contributed by atoms with Crippen molar-refractivity contribution in [3.8, 4) is 0 Å². The molecule has 0 radical (unpaired) electrons. The monoisotopic (exact) mass is 413 g/mol. The van der Waals surface area contributed by atoms with E-state index < -0.39 is 0 Å². The van der Waals surface area contributed by atoms with Crippen molar-refractivity contribution in [1.82, 2.24) is 14.5 Å². The van der Waals surface area contributed by atoms with Gasteiger partial charge in [-0.3, -0.25) is 14.3 Å². The molecule has 0 amide bonds. The second-order valence-corrected chi connectivity index (χ2v) is 8.27. The van der Waals surface area contributed by atoms with Crippen molar-refractivity contribution >= 4 is 44.9 Å². The van der Waals surface area contributed by atoms with Crippen molar-refractivity contribution < 1.29 is 0 Å². The molecule has 0 bridgehead atoms. The molecule has 4 nitrogen and oxygen atoms in total. The zero-order valence-corrected chi connectivity index (χ0v) is 16.7. The number of aromatic nitrogens is 3. The molecule has 0 fully saturated rings. The predicted octanol–water partition coefficient (Wildman–Crippen LogP) is 5.04. The Morgan fingerprint density at radius 3 is 2.74 bits per heavy atom. The molecule has 0 saturated carbocycles. The van der Waals surface area contributed by atoms with Crippen LogP contribution >= 0.6 is 34.7 Å². The third kappa shape index (κ3) is 4.24. The van der Waals surface area contributed by atoms with E-state index in [1.165, 1.54) is 11.3 Å². The van der Waals surface area contributed by atoms with E-state index in [9.17, 15) is 4.79 Å². The van der Waals surface area contributed by atoms with Gasteiger partial charge in [0.25, 0.3) is 5.56 Å². The number of pyridine rings is 1. The Morgan fingerprint density at radius 2 is 1.96 bits per heavy atom. The minimum absolute atomic E-state index is 0.0208. The van der Waals surface area contributed by atoms with Crippen LogP contribution in [0, 0.1) is 0 Å². The Kier molecular flexibility index (Phi) is 5.57. The van der Waals surface area contributed by atoms with Crippen LogP contribution in [0.4, 0.5) is 0 Å². The summed E-state index contributed by atoms with van der Waals surface area (Å²) in [5.74, 6) is 0.671. The second kappa shape index (κ2) is 8.25. The van der Waals surface area contributed by atoms with E-state index in [0.29, 0.717) is 22.0 Å². The summed E-state index contributed by atoms with van der Waals surface area (Å²) < 4.78 is 2.48. The SMILES string of the molecule is O=c1c2sccc2nc(SCc2ccccn2)n1CCc1ccc(Cl)cc1. The number of thioether (sulfide) groups is 1. The number of hydrogen-bond acceptors (Lipinski definition) is 5. The van der Waals surface area contributed by atoms with E-state index in [-0.39, 0.29) is 5.56 Å². The summed E-state index contributed by atoms with van der Waals surface area (Å²) in [7, 11) is 0. The number of benzene rings is 1.